The molecule has 0 spiro atoms. The van der Waals surface area contributed by atoms with E-state index in [1.807, 2.05) is 0 Å². The van der Waals surface area contributed by atoms with Gasteiger partial charge in [0.15, 0.2) is 5.82 Å². The average Bonchev–Trinajstić information content (AvgIpc) is 2.77. The van der Waals surface area contributed by atoms with E-state index in [1.165, 1.54) is 19.1 Å². The molecule has 3 rings (SSSR count). The molecule has 0 unspecified atom stereocenters. The summed E-state index contributed by atoms with van der Waals surface area (Å²) in [6, 6.07) is 4.23. The van der Waals surface area contributed by atoms with Gasteiger partial charge in [0.25, 0.3) is 0 Å². The third-order valence-corrected chi connectivity index (χ3v) is 5.61. The molecule has 1 fully saturated rings. The molecule has 0 atom stereocenters. The van der Waals surface area contributed by atoms with Crippen LogP contribution >= 0.6 is 0 Å². The molecule has 1 aliphatic heterocycles. The van der Waals surface area contributed by atoms with E-state index in [-0.39, 0.29) is 23.0 Å². The fraction of sp³-hybridized carbons (Fsp3) is 0.542. The van der Waals surface area contributed by atoms with Gasteiger partial charge in [-0.25, -0.2) is 13.8 Å². The lowest BCUT2D eigenvalue weighted by atomic mass is 9.93. The largest absolute Gasteiger partial charge is 0.477 e. The van der Waals surface area contributed by atoms with Crippen LogP contribution in [0.15, 0.2) is 18.2 Å². The molecule has 1 saturated heterocycles. The Labute approximate surface area is 193 Å². The zero-order chi connectivity index (χ0) is 23.8. The van der Waals surface area contributed by atoms with Crippen molar-refractivity contribution in [3.8, 4) is 17.3 Å². The molecule has 1 aromatic heterocycles. The standard InChI is InChI=1S/C24H31F2N3O4/c1-16-13-22(33-11-4-10-31-3)28-24(27-16)19-14-20(25)23(21(26)15-19)29-8-5-18(6-9-29)7-12-32-17(2)30/h13-15,18H,4-12H2,1-3H3. The summed E-state index contributed by atoms with van der Waals surface area (Å²) < 4.78 is 45.7. The number of anilines is 1. The number of aryl methyl sites for hydroxylation is 1. The second-order valence-corrected chi connectivity index (χ2v) is 8.21. The smallest absolute Gasteiger partial charge is 0.302 e. The van der Waals surface area contributed by atoms with E-state index in [4.69, 9.17) is 14.2 Å². The van der Waals surface area contributed by atoms with Gasteiger partial charge >= 0.3 is 5.97 Å². The number of methoxy groups -OCH3 is 1. The predicted molar refractivity (Wildman–Crippen MR) is 120 cm³/mol. The van der Waals surface area contributed by atoms with Crippen LogP contribution in [0.1, 0.15) is 38.3 Å². The monoisotopic (exact) mass is 463 g/mol. The molecule has 0 bridgehead atoms. The van der Waals surface area contributed by atoms with Gasteiger partial charge in [0.05, 0.1) is 13.2 Å². The molecule has 0 N–H and O–H groups in total. The fourth-order valence-corrected chi connectivity index (χ4v) is 3.93. The molecule has 0 saturated carbocycles. The maximum atomic E-state index is 15.0. The number of benzene rings is 1. The Bertz CT molecular complexity index is 926. The Hall–Kier alpha value is -2.81. The second kappa shape index (κ2) is 11.9. The summed E-state index contributed by atoms with van der Waals surface area (Å²) in [5.41, 5.74) is 0.874. The maximum Gasteiger partial charge on any atom is 0.302 e. The Morgan fingerprint density at radius 1 is 1.09 bits per heavy atom. The first kappa shape index (κ1) is 24.8. The van der Waals surface area contributed by atoms with Gasteiger partial charge in [-0.1, -0.05) is 0 Å². The minimum atomic E-state index is -0.643. The normalized spacial score (nSPS) is 14.4. The van der Waals surface area contributed by atoms with Crippen LogP contribution < -0.4 is 9.64 Å². The number of piperidine rings is 1. The number of carbonyl (C=O) groups is 1. The van der Waals surface area contributed by atoms with Crippen molar-refractivity contribution in [2.24, 2.45) is 5.92 Å². The highest BCUT2D eigenvalue weighted by Gasteiger charge is 2.25. The predicted octanol–water partition coefficient (Wildman–Crippen LogP) is 4.32. The van der Waals surface area contributed by atoms with Gasteiger partial charge in [-0.2, -0.15) is 4.98 Å². The van der Waals surface area contributed by atoms with Gasteiger partial charge in [0, 0.05) is 57.5 Å². The van der Waals surface area contributed by atoms with Crippen LogP contribution in [0.3, 0.4) is 0 Å². The SMILES string of the molecule is COCCCOc1cc(C)nc(-c2cc(F)c(N3CCC(CCOC(C)=O)CC3)c(F)c2)n1. The van der Waals surface area contributed by atoms with E-state index in [2.05, 4.69) is 9.97 Å². The summed E-state index contributed by atoms with van der Waals surface area (Å²) in [4.78, 5) is 21.3. The maximum absolute atomic E-state index is 15.0. The summed E-state index contributed by atoms with van der Waals surface area (Å²) in [6.07, 6.45) is 3.03. The van der Waals surface area contributed by atoms with Crippen LogP contribution in [-0.2, 0) is 14.3 Å². The summed E-state index contributed by atoms with van der Waals surface area (Å²) in [5, 5.41) is 0. The van der Waals surface area contributed by atoms with E-state index < -0.39 is 11.6 Å². The topological polar surface area (TPSA) is 73.8 Å². The number of carbonyl (C=O) groups excluding carboxylic acids is 1. The number of rotatable bonds is 10. The first-order valence-electron chi connectivity index (χ1n) is 11.2. The first-order chi connectivity index (χ1) is 15.9. The lowest BCUT2D eigenvalue weighted by molar-refractivity contribution is -0.141. The molecule has 180 valence electrons. The number of hydrogen-bond acceptors (Lipinski definition) is 7. The zero-order valence-electron chi connectivity index (χ0n) is 19.4. The molecule has 2 heterocycles. The molecule has 0 amide bonds. The lowest BCUT2D eigenvalue weighted by Gasteiger charge is -2.34. The Balaban J connectivity index is 1.68. The molecule has 0 radical (unpaired) electrons. The van der Waals surface area contributed by atoms with Crippen LogP contribution in [0.2, 0.25) is 0 Å². The van der Waals surface area contributed by atoms with E-state index >= 15 is 8.78 Å². The van der Waals surface area contributed by atoms with Gasteiger partial charge < -0.3 is 19.1 Å². The second-order valence-electron chi connectivity index (χ2n) is 8.21. The van der Waals surface area contributed by atoms with Gasteiger partial charge in [0.2, 0.25) is 5.88 Å². The van der Waals surface area contributed by atoms with Crippen molar-refractivity contribution in [3.63, 3.8) is 0 Å². The van der Waals surface area contributed by atoms with E-state index in [9.17, 15) is 4.79 Å². The van der Waals surface area contributed by atoms with Crippen molar-refractivity contribution in [3.05, 3.63) is 35.5 Å². The number of aromatic nitrogens is 2. The van der Waals surface area contributed by atoms with Gasteiger partial charge in [-0.05, 0) is 44.2 Å². The minimum Gasteiger partial charge on any atom is -0.477 e. The summed E-state index contributed by atoms with van der Waals surface area (Å²) in [5.74, 6) is -0.639. The van der Waals surface area contributed by atoms with Crippen molar-refractivity contribution < 1.29 is 27.8 Å². The van der Waals surface area contributed by atoms with Crippen molar-refractivity contribution in [2.45, 2.75) is 39.5 Å². The van der Waals surface area contributed by atoms with Gasteiger partial charge in [0.1, 0.15) is 17.3 Å². The van der Waals surface area contributed by atoms with Crippen LogP contribution in [0, 0.1) is 24.5 Å². The molecular formula is C24H31F2N3O4. The molecule has 9 heteroatoms. The molecular weight excluding hydrogens is 432 g/mol. The third kappa shape index (κ3) is 7.08. The third-order valence-electron chi connectivity index (χ3n) is 5.61. The van der Waals surface area contributed by atoms with Crippen LogP contribution in [0.5, 0.6) is 5.88 Å². The molecule has 33 heavy (non-hydrogen) atoms. The molecule has 2 aromatic rings. The highest BCUT2D eigenvalue weighted by Crippen LogP contribution is 2.32. The van der Waals surface area contributed by atoms with Crippen molar-refractivity contribution in [1.82, 2.24) is 9.97 Å². The zero-order valence-corrected chi connectivity index (χ0v) is 19.4. The molecule has 1 aromatic carbocycles. The summed E-state index contributed by atoms with van der Waals surface area (Å²) in [6.45, 7) is 5.61. The quantitative estimate of drug-likeness (QED) is 0.384. The lowest BCUT2D eigenvalue weighted by Crippen LogP contribution is -2.35. The number of halogens is 2. The van der Waals surface area contributed by atoms with Crippen molar-refractivity contribution in [1.29, 1.82) is 0 Å². The number of ether oxygens (including phenoxy) is 3. The van der Waals surface area contributed by atoms with Crippen LogP contribution in [-0.4, -0.2) is 56.0 Å². The number of hydrogen-bond donors (Lipinski definition) is 0. The Morgan fingerprint density at radius 2 is 1.79 bits per heavy atom. The van der Waals surface area contributed by atoms with E-state index in [1.54, 1.807) is 25.0 Å². The Morgan fingerprint density at radius 3 is 2.42 bits per heavy atom. The van der Waals surface area contributed by atoms with Crippen LogP contribution in [0.4, 0.5) is 14.5 Å². The highest BCUT2D eigenvalue weighted by molar-refractivity contribution is 5.65. The molecule has 1 aliphatic rings. The Kier molecular flexibility index (Phi) is 8.94. The van der Waals surface area contributed by atoms with Crippen LogP contribution in [0.25, 0.3) is 11.4 Å². The summed E-state index contributed by atoms with van der Waals surface area (Å²) in [7, 11) is 1.62. The molecule has 0 aliphatic carbocycles. The summed E-state index contributed by atoms with van der Waals surface area (Å²) >= 11 is 0. The first-order valence-corrected chi connectivity index (χ1v) is 11.2. The number of nitrogens with zero attached hydrogens (tertiary/aromatic N) is 3. The van der Waals surface area contributed by atoms with Gasteiger partial charge in [-0.3, -0.25) is 4.79 Å². The van der Waals surface area contributed by atoms with Gasteiger partial charge in [-0.15, -0.1) is 0 Å². The van der Waals surface area contributed by atoms with E-state index in [0.29, 0.717) is 56.8 Å². The van der Waals surface area contributed by atoms with Crippen molar-refractivity contribution in [2.75, 3.05) is 44.9 Å². The minimum absolute atomic E-state index is 0.0270. The average molecular weight is 464 g/mol. The fourth-order valence-electron chi connectivity index (χ4n) is 3.93. The molecule has 7 nitrogen and oxygen atoms in total. The van der Waals surface area contributed by atoms with E-state index in [0.717, 1.165) is 19.3 Å². The number of esters is 1. The highest BCUT2D eigenvalue weighted by atomic mass is 19.1. The van der Waals surface area contributed by atoms with Crippen molar-refractivity contribution >= 4 is 11.7 Å².